The van der Waals surface area contributed by atoms with E-state index >= 15 is 0 Å². The van der Waals surface area contributed by atoms with Crippen molar-refractivity contribution in [2.24, 2.45) is 5.92 Å². The maximum absolute atomic E-state index is 12.0. The topological polar surface area (TPSA) is 41.6 Å². The number of rotatable bonds is 4. The molecule has 1 N–H and O–H groups in total. The summed E-state index contributed by atoms with van der Waals surface area (Å²) in [5.74, 6) is 0.503. The summed E-state index contributed by atoms with van der Waals surface area (Å²) < 4.78 is 6.51. The highest BCUT2D eigenvalue weighted by atomic mass is 79.9. The Kier molecular flexibility index (Phi) is 5.87. The van der Waals surface area contributed by atoms with Crippen LogP contribution in [0.2, 0.25) is 0 Å². The predicted octanol–water partition coefficient (Wildman–Crippen LogP) is 3.80. The second kappa shape index (κ2) is 7.47. The lowest BCUT2D eigenvalue weighted by atomic mass is 10.1. The Hall–Kier alpha value is -1.07. The Balaban J connectivity index is 1.70. The number of likely N-dealkylation sites (tertiary alicyclic amines) is 1. The van der Waals surface area contributed by atoms with E-state index in [2.05, 4.69) is 45.5 Å². The van der Waals surface area contributed by atoms with Crippen LogP contribution in [0.4, 0.5) is 4.79 Å². The van der Waals surface area contributed by atoms with Crippen molar-refractivity contribution in [3.05, 3.63) is 34.3 Å². The van der Waals surface area contributed by atoms with Gasteiger partial charge in [0.15, 0.2) is 0 Å². The average molecular weight is 369 g/mol. The second-order valence-corrected chi connectivity index (χ2v) is 7.75. The Morgan fingerprint density at radius 3 is 2.68 bits per heavy atom. The van der Waals surface area contributed by atoms with E-state index in [-0.39, 0.29) is 6.09 Å². The van der Waals surface area contributed by atoms with Gasteiger partial charge in [0.05, 0.1) is 0 Å². The number of amides is 1. The monoisotopic (exact) mass is 368 g/mol. The molecule has 122 valence electrons. The summed E-state index contributed by atoms with van der Waals surface area (Å²) in [5.41, 5.74) is 0.847. The van der Waals surface area contributed by atoms with Gasteiger partial charge in [0.1, 0.15) is 5.60 Å². The summed E-state index contributed by atoms with van der Waals surface area (Å²) in [7, 11) is 0. The number of hydrogen-bond donors (Lipinski definition) is 1. The van der Waals surface area contributed by atoms with E-state index in [4.69, 9.17) is 4.74 Å². The first kappa shape index (κ1) is 17.3. The van der Waals surface area contributed by atoms with Crippen molar-refractivity contribution in [3.63, 3.8) is 0 Å². The Morgan fingerprint density at radius 1 is 1.36 bits per heavy atom. The zero-order valence-electron chi connectivity index (χ0n) is 13.6. The molecule has 1 heterocycles. The molecule has 0 unspecified atom stereocenters. The molecule has 5 heteroatoms. The number of carbonyl (C=O) groups excluding carboxylic acids is 1. The summed E-state index contributed by atoms with van der Waals surface area (Å²) in [6.45, 7) is 9.06. The van der Waals surface area contributed by atoms with Crippen LogP contribution in [0.25, 0.3) is 0 Å². The minimum Gasteiger partial charge on any atom is -0.444 e. The first-order chi connectivity index (χ1) is 10.3. The van der Waals surface area contributed by atoms with Crippen LogP contribution in [-0.4, -0.2) is 36.2 Å². The standard InChI is InChI=1S/C17H25BrN2O2/c1-17(2,3)22-16(21)20-9-8-14(12-20)11-19-10-13-4-6-15(18)7-5-13/h4-7,14,19H,8-12H2,1-3H3/t14-/m1/s1. The van der Waals surface area contributed by atoms with Gasteiger partial charge in [-0.3, -0.25) is 0 Å². The molecule has 0 aliphatic carbocycles. The van der Waals surface area contributed by atoms with Crippen molar-refractivity contribution >= 4 is 22.0 Å². The maximum Gasteiger partial charge on any atom is 0.410 e. The van der Waals surface area contributed by atoms with E-state index in [1.807, 2.05) is 25.7 Å². The zero-order chi connectivity index (χ0) is 16.2. The van der Waals surface area contributed by atoms with Crippen molar-refractivity contribution < 1.29 is 9.53 Å². The molecule has 1 fully saturated rings. The van der Waals surface area contributed by atoms with Gasteiger partial charge in [-0.1, -0.05) is 28.1 Å². The van der Waals surface area contributed by atoms with Crippen LogP contribution in [0.15, 0.2) is 28.7 Å². The fourth-order valence-corrected chi connectivity index (χ4v) is 2.78. The number of nitrogens with one attached hydrogen (secondary N) is 1. The fourth-order valence-electron chi connectivity index (χ4n) is 2.51. The zero-order valence-corrected chi connectivity index (χ0v) is 15.1. The summed E-state index contributed by atoms with van der Waals surface area (Å²) in [6, 6.07) is 8.32. The highest BCUT2D eigenvalue weighted by Gasteiger charge is 2.29. The van der Waals surface area contributed by atoms with E-state index < -0.39 is 5.60 Å². The van der Waals surface area contributed by atoms with Gasteiger partial charge in [0.25, 0.3) is 0 Å². The Bertz CT molecular complexity index is 496. The van der Waals surface area contributed by atoms with Crippen molar-refractivity contribution in [2.75, 3.05) is 19.6 Å². The summed E-state index contributed by atoms with van der Waals surface area (Å²) in [5, 5.41) is 3.48. The van der Waals surface area contributed by atoms with Gasteiger partial charge in [-0.2, -0.15) is 0 Å². The van der Waals surface area contributed by atoms with Crippen LogP contribution in [0, 0.1) is 5.92 Å². The number of halogens is 1. The van der Waals surface area contributed by atoms with Crippen molar-refractivity contribution in [3.8, 4) is 0 Å². The third-order valence-electron chi connectivity index (χ3n) is 3.61. The number of benzene rings is 1. The third-order valence-corrected chi connectivity index (χ3v) is 4.14. The van der Waals surface area contributed by atoms with Crippen LogP contribution in [0.5, 0.6) is 0 Å². The molecule has 1 aromatic rings. The minimum absolute atomic E-state index is 0.192. The molecule has 1 atom stereocenters. The molecule has 1 amide bonds. The number of ether oxygens (including phenoxy) is 1. The Labute approximate surface area is 141 Å². The molecule has 0 radical (unpaired) electrons. The van der Waals surface area contributed by atoms with Gasteiger partial charge >= 0.3 is 6.09 Å². The molecule has 1 aliphatic heterocycles. The lowest BCUT2D eigenvalue weighted by Crippen LogP contribution is -2.36. The highest BCUT2D eigenvalue weighted by Crippen LogP contribution is 2.19. The largest absolute Gasteiger partial charge is 0.444 e. The van der Waals surface area contributed by atoms with E-state index in [1.54, 1.807) is 0 Å². The molecule has 2 rings (SSSR count). The molecule has 4 nitrogen and oxygen atoms in total. The normalized spacial score (nSPS) is 18.5. The van der Waals surface area contributed by atoms with Crippen LogP contribution >= 0.6 is 15.9 Å². The maximum atomic E-state index is 12.0. The van der Waals surface area contributed by atoms with Crippen molar-refractivity contribution in [1.29, 1.82) is 0 Å². The summed E-state index contributed by atoms with van der Waals surface area (Å²) in [6.07, 6.45) is 0.843. The van der Waals surface area contributed by atoms with E-state index in [0.29, 0.717) is 5.92 Å². The molecule has 0 bridgehead atoms. The molecule has 0 saturated carbocycles. The molecule has 22 heavy (non-hydrogen) atoms. The quantitative estimate of drug-likeness (QED) is 0.878. The van der Waals surface area contributed by atoms with Gasteiger partial charge in [0.2, 0.25) is 0 Å². The van der Waals surface area contributed by atoms with Crippen LogP contribution in [0.3, 0.4) is 0 Å². The Morgan fingerprint density at radius 2 is 2.05 bits per heavy atom. The van der Waals surface area contributed by atoms with Crippen LogP contribution in [-0.2, 0) is 11.3 Å². The minimum atomic E-state index is -0.422. The molecular weight excluding hydrogens is 344 g/mol. The fraction of sp³-hybridized carbons (Fsp3) is 0.588. The molecule has 1 aliphatic rings. The van der Waals surface area contributed by atoms with Crippen molar-refractivity contribution in [2.45, 2.75) is 39.3 Å². The number of carbonyl (C=O) groups is 1. The molecule has 0 aromatic heterocycles. The number of nitrogens with zero attached hydrogens (tertiary/aromatic N) is 1. The van der Waals surface area contributed by atoms with Crippen LogP contribution < -0.4 is 5.32 Å². The van der Waals surface area contributed by atoms with Gasteiger partial charge < -0.3 is 15.0 Å². The van der Waals surface area contributed by atoms with Gasteiger partial charge in [-0.15, -0.1) is 0 Å². The SMILES string of the molecule is CC(C)(C)OC(=O)N1CC[C@H](CNCc2ccc(Br)cc2)C1. The van der Waals surface area contributed by atoms with Gasteiger partial charge in [-0.25, -0.2) is 4.79 Å². The number of hydrogen-bond acceptors (Lipinski definition) is 3. The van der Waals surface area contributed by atoms with Gasteiger partial charge in [-0.05, 0) is 50.8 Å². The third kappa shape index (κ3) is 5.61. The summed E-state index contributed by atoms with van der Waals surface area (Å²) >= 11 is 3.44. The van der Waals surface area contributed by atoms with E-state index in [9.17, 15) is 4.79 Å². The van der Waals surface area contributed by atoms with Crippen molar-refractivity contribution in [1.82, 2.24) is 10.2 Å². The molecule has 0 spiro atoms. The second-order valence-electron chi connectivity index (χ2n) is 6.84. The first-order valence-corrected chi connectivity index (χ1v) is 8.56. The van der Waals surface area contributed by atoms with Crippen LogP contribution in [0.1, 0.15) is 32.8 Å². The van der Waals surface area contributed by atoms with Gasteiger partial charge in [0, 0.05) is 30.7 Å². The lowest BCUT2D eigenvalue weighted by molar-refractivity contribution is 0.0288. The lowest BCUT2D eigenvalue weighted by Gasteiger charge is -2.24. The van der Waals surface area contributed by atoms with E-state index in [1.165, 1.54) is 5.56 Å². The highest BCUT2D eigenvalue weighted by molar-refractivity contribution is 9.10. The average Bonchev–Trinajstić information content (AvgIpc) is 2.88. The van der Waals surface area contributed by atoms with E-state index in [0.717, 1.165) is 37.1 Å². The summed E-state index contributed by atoms with van der Waals surface area (Å²) in [4.78, 5) is 13.8. The molecule has 1 aromatic carbocycles. The first-order valence-electron chi connectivity index (χ1n) is 7.76. The molecular formula is C17H25BrN2O2. The smallest absolute Gasteiger partial charge is 0.410 e. The molecule has 1 saturated heterocycles. The predicted molar refractivity (Wildman–Crippen MR) is 91.8 cm³/mol.